The molecule has 0 aromatic heterocycles. The molecule has 3 heterocycles. The molecule has 0 bridgehead atoms. The highest BCUT2D eigenvalue weighted by atomic mass is 19.1. The molecule has 174 valence electrons. The lowest BCUT2D eigenvalue weighted by atomic mass is 9.93. The number of benzene rings is 3. The number of fused-ring (bicyclic) bond motifs is 4. The van der Waals surface area contributed by atoms with Gasteiger partial charge in [0.2, 0.25) is 0 Å². The Morgan fingerprint density at radius 1 is 1.06 bits per heavy atom. The van der Waals surface area contributed by atoms with Crippen LogP contribution in [0.1, 0.15) is 45.8 Å². The Labute approximate surface area is 198 Å². The topological polar surface area (TPSA) is 53.6 Å². The first-order valence-electron chi connectivity index (χ1n) is 12.1. The van der Waals surface area contributed by atoms with Crippen LogP contribution in [0, 0.1) is 5.82 Å². The summed E-state index contributed by atoms with van der Waals surface area (Å²) in [7, 11) is 0. The first kappa shape index (κ1) is 21.0. The van der Waals surface area contributed by atoms with Gasteiger partial charge in [0.1, 0.15) is 18.2 Å². The van der Waals surface area contributed by atoms with E-state index in [0.717, 1.165) is 71.7 Å². The van der Waals surface area contributed by atoms with Crippen LogP contribution in [0.5, 0.6) is 5.75 Å². The Morgan fingerprint density at radius 2 is 1.94 bits per heavy atom. The van der Waals surface area contributed by atoms with Crippen LogP contribution in [-0.4, -0.2) is 31.6 Å². The number of ether oxygens (including phenoxy) is 1. The molecule has 0 radical (unpaired) electrons. The smallest absolute Gasteiger partial charge is 0.252 e. The first-order chi connectivity index (χ1) is 16.7. The zero-order valence-corrected chi connectivity index (χ0v) is 19.0. The molecule has 2 atom stereocenters. The molecule has 3 aromatic carbocycles. The minimum Gasteiger partial charge on any atom is -0.491 e. The molecule has 6 heteroatoms. The Hall–Kier alpha value is -3.54. The molecule has 5 nitrogen and oxygen atoms in total. The Balaban J connectivity index is 1.21. The minimum absolute atomic E-state index is 0.00184. The first-order valence-corrected chi connectivity index (χ1v) is 12.1. The number of halogens is 1. The summed E-state index contributed by atoms with van der Waals surface area (Å²) in [5, 5.41) is 6.36. The average molecular weight is 458 g/mol. The summed E-state index contributed by atoms with van der Waals surface area (Å²) in [6.07, 6.45) is 2.74. The van der Waals surface area contributed by atoms with Crippen molar-refractivity contribution in [3.8, 4) is 5.75 Å². The van der Waals surface area contributed by atoms with Crippen LogP contribution in [-0.2, 0) is 13.0 Å². The quantitative estimate of drug-likeness (QED) is 0.555. The van der Waals surface area contributed by atoms with E-state index in [2.05, 4.69) is 39.8 Å². The van der Waals surface area contributed by atoms with Gasteiger partial charge in [0.05, 0.1) is 11.6 Å². The molecule has 34 heavy (non-hydrogen) atoms. The van der Waals surface area contributed by atoms with Crippen LogP contribution in [0.4, 0.5) is 15.8 Å². The molecule has 3 aliphatic heterocycles. The molecule has 0 fully saturated rings. The predicted octanol–water partition coefficient (Wildman–Crippen LogP) is 4.87. The second-order valence-electron chi connectivity index (χ2n) is 9.41. The lowest BCUT2D eigenvalue weighted by Gasteiger charge is -2.37. The summed E-state index contributed by atoms with van der Waals surface area (Å²) in [5.74, 6) is 0.976. The summed E-state index contributed by atoms with van der Waals surface area (Å²) >= 11 is 0. The standard InChI is InChI=1S/C28H28FN3O2/c29-20-9-10-25-23(13-20)18(15-30-25)5-4-12-32(21-6-2-1-3-7-21)22-14-24-26(34-17-22)11-8-19-16-31-28(33)27(19)24/h1-3,6-11,13,18,22,30H,4-5,12,14-17H2,(H,31,33). The highest BCUT2D eigenvalue weighted by Gasteiger charge is 2.32. The molecule has 0 aliphatic carbocycles. The molecule has 1 amide bonds. The predicted molar refractivity (Wildman–Crippen MR) is 131 cm³/mol. The number of hydrogen-bond acceptors (Lipinski definition) is 4. The van der Waals surface area contributed by atoms with Crippen molar-refractivity contribution in [1.29, 1.82) is 0 Å². The van der Waals surface area contributed by atoms with E-state index >= 15 is 0 Å². The summed E-state index contributed by atoms with van der Waals surface area (Å²) in [6, 6.07) is 19.6. The third kappa shape index (κ3) is 3.77. The van der Waals surface area contributed by atoms with E-state index in [9.17, 15) is 9.18 Å². The SMILES string of the molecule is O=C1NCc2ccc3c(c21)CC(N(CCCC1CNc2ccc(F)cc21)c1ccccc1)CO3. The van der Waals surface area contributed by atoms with Gasteiger partial charge >= 0.3 is 0 Å². The van der Waals surface area contributed by atoms with Gasteiger partial charge in [-0.25, -0.2) is 4.39 Å². The van der Waals surface area contributed by atoms with Gasteiger partial charge in [-0.2, -0.15) is 0 Å². The third-order valence-electron chi connectivity index (χ3n) is 7.37. The Kier molecular flexibility index (Phi) is 5.36. The van der Waals surface area contributed by atoms with Crippen molar-refractivity contribution in [3.63, 3.8) is 0 Å². The van der Waals surface area contributed by atoms with Gasteiger partial charge in [0.25, 0.3) is 5.91 Å². The van der Waals surface area contributed by atoms with E-state index < -0.39 is 0 Å². The van der Waals surface area contributed by atoms with E-state index in [4.69, 9.17) is 4.74 Å². The molecule has 0 saturated carbocycles. The molecule has 3 aliphatic rings. The minimum atomic E-state index is -0.173. The van der Waals surface area contributed by atoms with Crippen molar-refractivity contribution in [2.24, 2.45) is 0 Å². The molecule has 6 rings (SSSR count). The van der Waals surface area contributed by atoms with Gasteiger partial charge in [-0.15, -0.1) is 0 Å². The zero-order valence-electron chi connectivity index (χ0n) is 19.0. The van der Waals surface area contributed by atoms with E-state index in [1.807, 2.05) is 24.3 Å². The molecular formula is C28H28FN3O2. The zero-order chi connectivity index (χ0) is 23.1. The van der Waals surface area contributed by atoms with Crippen molar-refractivity contribution in [2.45, 2.75) is 37.8 Å². The van der Waals surface area contributed by atoms with Gasteiger partial charge in [-0.3, -0.25) is 4.79 Å². The summed E-state index contributed by atoms with van der Waals surface area (Å²) in [5.41, 5.74) is 6.17. The van der Waals surface area contributed by atoms with Gasteiger partial charge in [-0.05, 0) is 60.4 Å². The van der Waals surface area contributed by atoms with Crippen LogP contribution >= 0.6 is 0 Å². The van der Waals surface area contributed by atoms with Crippen molar-refractivity contribution in [1.82, 2.24) is 5.32 Å². The maximum atomic E-state index is 13.8. The van der Waals surface area contributed by atoms with Crippen molar-refractivity contribution in [3.05, 3.63) is 88.7 Å². The largest absolute Gasteiger partial charge is 0.491 e. The Bertz CT molecular complexity index is 1230. The highest BCUT2D eigenvalue weighted by molar-refractivity contribution is 6.00. The van der Waals surface area contributed by atoms with Crippen LogP contribution in [0.3, 0.4) is 0 Å². The molecule has 0 saturated heterocycles. The fraction of sp³-hybridized carbons (Fsp3) is 0.321. The lowest BCUT2D eigenvalue weighted by Crippen LogP contribution is -2.44. The van der Waals surface area contributed by atoms with Gasteiger partial charge in [0.15, 0.2) is 0 Å². The average Bonchev–Trinajstić information content (AvgIpc) is 3.45. The van der Waals surface area contributed by atoms with E-state index in [0.29, 0.717) is 19.1 Å². The molecule has 3 aromatic rings. The van der Waals surface area contributed by atoms with E-state index in [-0.39, 0.29) is 17.8 Å². The van der Waals surface area contributed by atoms with Crippen LogP contribution in [0.2, 0.25) is 0 Å². The number of nitrogens with zero attached hydrogens (tertiary/aromatic N) is 1. The second kappa shape index (κ2) is 8.67. The fourth-order valence-electron chi connectivity index (χ4n) is 5.67. The highest BCUT2D eigenvalue weighted by Crippen LogP contribution is 2.37. The monoisotopic (exact) mass is 457 g/mol. The van der Waals surface area contributed by atoms with Crippen LogP contribution in [0.25, 0.3) is 0 Å². The van der Waals surface area contributed by atoms with Crippen LogP contribution in [0.15, 0.2) is 60.7 Å². The number of amides is 1. The van der Waals surface area contributed by atoms with Crippen LogP contribution < -0.4 is 20.3 Å². The molecule has 2 N–H and O–H groups in total. The summed E-state index contributed by atoms with van der Waals surface area (Å²) in [4.78, 5) is 14.9. The summed E-state index contributed by atoms with van der Waals surface area (Å²) < 4.78 is 20.0. The number of nitrogens with one attached hydrogen (secondary N) is 2. The normalized spacial score (nSPS) is 20.0. The van der Waals surface area contributed by atoms with Crippen molar-refractivity contribution < 1.29 is 13.9 Å². The summed E-state index contributed by atoms with van der Waals surface area (Å²) in [6.45, 7) is 2.90. The van der Waals surface area contributed by atoms with Gasteiger partial charge in [0, 0.05) is 48.9 Å². The van der Waals surface area contributed by atoms with E-state index in [1.165, 1.54) is 6.07 Å². The molecule has 0 spiro atoms. The number of para-hydroxylation sites is 1. The lowest BCUT2D eigenvalue weighted by molar-refractivity contribution is 0.0963. The van der Waals surface area contributed by atoms with Crippen molar-refractivity contribution >= 4 is 17.3 Å². The third-order valence-corrected chi connectivity index (χ3v) is 7.37. The molecule has 2 unspecified atom stereocenters. The number of carbonyl (C=O) groups excluding carboxylic acids is 1. The number of hydrogen-bond donors (Lipinski definition) is 2. The number of anilines is 2. The maximum Gasteiger partial charge on any atom is 0.252 e. The van der Waals surface area contributed by atoms with Gasteiger partial charge < -0.3 is 20.3 Å². The second-order valence-corrected chi connectivity index (χ2v) is 9.41. The Morgan fingerprint density at radius 3 is 2.82 bits per heavy atom. The van der Waals surface area contributed by atoms with Crippen molar-refractivity contribution in [2.75, 3.05) is 29.9 Å². The van der Waals surface area contributed by atoms with Gasteiger partial charge in [-0.1, -0.05) is 24.3 Å². The molecular weight excluding hydrogens is 429 g/mol. The van der Waals surface area contributed by atoms with E-state index in [1.54, 1.807) is 6.07 Å². The number of rotatable bonds is 6. The fourth-order valence-corrected chi connectivity index (χ4v) is 5.67. The number of carbonyl (C=O) groups is 1. The maximum absolute atomic E-state index is 13.8.